The van der Waals surface area contributed by atoms with Crippen LogP contribution in [0, 0.1) is 6.92 Å². The van der Waals surface area contributed by atoms with Gasteiger partial charge >= 0.3 is 5.97 Å². The van der Waals surface area contributed by atoms with Gasteiger partial charge in [0.25, 0.3) is 0 Å². The van der Waals surface area contributed by atoms with E-state index in [1.54, 1.807) is 7.05 Å². The monoisotopic (exact) mass is 450 g/mol. The standard InChI is InChI=1S/C15H26N6O2.HI/c1-10-18-12-7-6-11(9-21(12)20-10)19-14(16-5)17-8-13(22)23-15(2,3)4;/h11H,6-9H2,1-5H3,(H2,16,17,19);1H. The first kappa shape index (κ1) is 20.7. The molecule has 0 amide bonds. The van der Waals surface area contributed by atoms with Crippen LogP contribution in [0.3, 0.4) is 0 Å². The van der Waals surface area contributed by atoms with Crippen LogP contribution in [0.2, 0.25) is 0 Å². The summed E-state index contributed by atoms with van der Waals surface area (Å²) in [5.74, 6) is 2.10. The number of guanidine groups is 1. The third kappa shape index (κ3) is 6.25. The van der Waals surface area contributed by atoms with Crippen molar-refractivity contribution in [3.8, 4) is 0 Å². The van der Waals surface area contributed by atoms with Crippen LogP contribution in [0.5, 0.6) is 0 Å². The number of carbonyl (C=O) groups excluding carboxylic acids is 1. The highest BCUT2D eigenvalue weighted by Crippen LogP contribution is 2.12. The van der Waals surface area contributed by atoms with Crippen LogP contribution in [0.25, 0.3) is 0 Å². The summed E-state index contributed by atoms with van der Waals surface area (Å²) in [5, 5.41) is 10.7. The number of nitrogens with zero attached hydrogens (tertiary/aromatic N) is 4. The molecule has 0 spiro atoms. The van der Waals surface area contributed by atoms with Crippen molar-refractivity contribution in [2.75, 3.05) is 13.6 Å². The number of halogens is 1. The van der Waals surface area contributed by atoms with Crippen molar-refractivity contribution in [3.05, 3.63) is 11.6 Å². The van der Waals surface area contributed by atoms with Crippen molar-refractivity contribution in [2.24, 2.45) is 4.99 Å². The van der Waals surface area contributed by atoms with Crippen LogP contribution in [-0.4, -0.2) is 51.9 Å². The van der Waals surface area contributed by atoms with Crippen LogP contribution in [-0.2, 0) is 22.5 Å². The number of ether oxygens (including phenoxy) is 1. The number of aliphatic imine (C=N–C) groups is 1. The number of rotatable bonds is 3. The molecule has 8 nitrogen and oxygen atoms in total. The highest BCUT2D eigenvalue weighted by atomic mass is 127. The molecule has 2 rings (SSSR count). The van der Waals surface area contributed by atoms with E-state index in [0.717, 1.165) is 31.0 Å². The minimum Gasteiger partial charge on any atom is -0.459 e. The first-order valence-electron chi connectivity index (χ1n) is 7.86. The van der Waals surface area contributed by atoms with Gasteiger partial charge in [0.2, 0.25) is 0 Å². The number of hydrogen-bond acceptors (Lipinski definition) is 5. The maximum Gasteiger partial charge on any atom is 0.325 e. The quantitative estimate of drug-likeness (QED) is 0.309. The van der Waals surface area contributed by atoms with Crippen molar-refractivity contribution >= 4 is 35.9 Å². The Hall–Kier alpha value is -1.39. The van der Waals surface area contributed by atoms with Gasteiger partial charge in [-0.1, -0.05) is 0 Å². The Kier molecular flexibility index (Phi) is 7.43. The van der Waals surface area contributed by atoms with Gasteiger partial charge in [-0.25, -0.2) is 9.67 Å². The average molecular weight is 450 g/mol. The Morgan fingerprint density at radius 3 is 2.79 bits per heavy atom. The lowest BCUT2D eigenvalue weighted by Crippen LogP contribution is -2.48. The van der Waals surface area contributed by atoms with Crippen LogP contribution >= 0.6 is 24.0 Å². The number of fused-ring (bicyclic) bond motifs is 1. The molecule has 1 atom stereocenters. The van der Waals surface area contributed by atoms with Gasteiger partial charge in [0.15, 0.2) is 5.96 Å². The molecule has 0 fully saturated rings. The lowest BCUT2D eigenvalue weighted by atomic mass is 10.1. The SMILES string of the molecule is CN=C(NCC(=O)OC(C)(C)C)NC1CCc2nc(C)nn2C1.I. The molecule has 1 aliphatic rings. The number of carbonyl (C=O) groups is 1. The maximum atomic E-state index is 11.7. The van der Waals surface area contributed by atoms with Gasteiger partial charge in [-0.15, -0.1) is 24.0 Å². The Morgan fingerprint density at radius 2 is 2.17 bits per heavy atom. The molecule has 1 aromatic rings. The molecule has 1 aromatic heterocycles. The first-order chi connectivity index (χ1) is 10.8. The first-order valence-corrected chi connectivity index (χ1v) is 7.86. The van der Waals surface area contributed by atoms with Crippen molar-refractivity contribution in [1.29, 1.82) is 0 Å². The van der Waals surface area contributed by atoms with E-state index in [2.05, 4.69) is 25.7 Å². The molecule has 136 valence electrons. The van der Waals surface area contributed by atoms with Crippen molar-refractivity contribution in [1.82, 2.24) is 25.4 Å². The zero-order valence-electron chi connectivity index (χ0n) is 14.9. The molecule has 0 aromatic carbocycles. The minimum atomic E-state index is -0.486. The Balaban J connectivity index is 0.00000288. The third-order valence-electron chi connectivity index (χ3n) is 3.35. The molecular formula is C15H27IN6O2. The topological polar surface area (TPSA) is 93.4 Å². The predicted molar refractivity (Wildman–Crippen MR) is 103 cm³/mol. The molecule has 9 heteroatoms. The van der Waals surface area contributed by atoms with Crippen LogP contribution in [0.1, 0.15) is 38.8 Å². The molecular weight excluding hydrogens is 423 g/mol. The Bertz CT molecular complexity index is 593. The second-order valence-electron chi connectivity index (χ2n) is 6.65. The van der Waals surface area contributed by atoms with E-state index in [9.17, 15) is 4.79 Å². The smallest absolute Gasteiger partial charge is 0.325 e. The van der Waals surface area contributed by atoms with E-state index in [1.807, 2.05) is 32.4 Å². The molecule has 0 saturated heterocycles. The fourth-order valence-electron chi connectivity index (χ4n) is 2.47. The maximum absolute atomic E-state index is 11.7. The van der Waals surface area contributed by atoms with Gasteiger partial charge in [-0.05, 0) is 34.1 Å². The Labute approximate surface area is 159 Å². The van der Waals surface area contributed by atoms with Crippen LogP contribution in [0.15, 0.2) is 4.99 Å². The van der Waals surface area contributed by atoms with Gasteiger partial charge < -0.3 is 15.4 Å². The van der Waals surface area contributed by atoms with Gasteiger partial charge in [0.05, 0.1) is 6.54 Å². The van der Waals surface area contributed by atoms with E-state index in [4.69, 9.17) is 4.74 Å². The molecule has 0 saturated carbocycles. The van der Waals surface area contributed by atoms with E-state index in [-0.39, 0.29) is 42.5 Å². The molecule has 1 aliphatic heterocycles. The largest absolute Gasteiger partial charge is 0.459 e. The molecule has 0 aliphatic carbocycles. The summed E-state index contributed by atoms with van der Waals surface area (Å²) in [6, 6.07) is 0.202. The van der Waals surface area contributed by atoms with Gasteiger partial charge in [0, 0.05) is 19.5 Å². The summed E-state index contributed by atoms with van der Waals surface area (Å²) in [7, 11) is 1.68. The number of esters is 1. The fraction of sp³-hybridized carbons (Fsp3) is 0.733. The lowest BCUT2D eigenvalue weighted by molar-refractivity contribution is -0.153. The van der Waals surface area contributed by atoms with Gasteiger partial charge in [0.1, 0.15) is 23.8 Å². The highest BCUT2D eigenvalue weighted by Gasteiger charge is 2.22. The van der Waals surface area contributed by atoms with Crippen LogP contribution < -0.4 is 10.6 Å². The number of nitrogens with one attached hydrogen (secondary N) is 2. The molecule has 0 radical (unpaired) electrons. The van der Waals surface area contributed by atoms with Crippen molar-refractivity contribution < 1.29 is 9.53 Å². The van der Waals surface area contributed by atoms with E-state index < -0.39 is 5.60 Å². The summed E-state index contributed by atoms with van der Waals surface area (Å²) in [6.07, 6.45) is 1.83. The summed E-state index contributed by atoms with van der Waals surface area (Å²) in [5.41, 5.74) is -0.486. The molecule has 24 heavy (non-hydrogen) atoms. The van der Waals surface area contributed by atoms with Crippen molar-refractivity contribution in [2.45, 2.75) is 58.7 Å². The number of aryl methyl sites for hydroxylation is 2. The second kappa shape index (κ2) is 8.63. The van der Waals surface area contributed by atoms with Gasteiger partial charge in [-0.3, -0.25) is 9.79 Å². The average Bonchev–Trinajstić information content (AvgIpc) is 2.80. The zero-order chi connectivity index (χ0) is 17.0. The summed E-state index contributed by atoms with van der Waals surface area (Å²) in [4.78, 5) is 20.3. The normalized spacial score (nSPS) is 17.5. The molecule has 2 heterocycles. The zero-order valence-corrected chi connectivity index (χ0v) is 17.2. The van der Waals surface area contributed by atoms with E-state index in [0.29, 0.717) is 5.96 Å². The summed E-state index contributed by atoms with van der Waals surface area (Å²) >= 11 is 0. The number of aromatic nitrogens is 3. The fourth-order valence-corrected chi connectivity index (χ4v) is 2.47. The molecule has 0 bridgehead atoms. The molecule has 1 unspecified atom stereocenters. The van der Waals surface area contributed by atoms with Crippen molar-refractivity contribution in [3.63, 3.8) is 0 Å². The van der Waals surface area contributed by atoms with Crippen LogP contribution in [0.4, 0.5) is 0 Å². The van der Waals surface area contributed by atoms with E-state index in [1.165, 1.54) is 0 Å². The predicted octanol–water partition coefficient (Wildman–Crippen LogP) is 1.03. The summed E-state index contributed by atoms with van der Waals surface area (Å²) in [6.45, 7) is 8.25. The Morgan fingerprint density at radius 1 is 1.46 bits per heavy atom. The summed E-state index contributed by atoms with van der Waals surface area (Å²) < 4.78 is 7.19. The van der Waals surface area contributed by atoms with Gasteiger partial charge in [-0.2, -0.15) is 5.10 Å². The third-order valence-corrected chi connectivity index (χ3v) is 3.35. The molecule has 2 N–H and O–H groups in total. The number of hydrogen-bond donors (Lipinski definition) is 2. The lowest BCUT2D eigenvalue weighted by Gasteiger charge is -2.25. The highest BCUT2D eigenvalue weighted by molar-refractivity contribution is 14.0. The second-order valence-corrected chi connectivity index (χ2v) is 6.65. The minimum absolute atomic E-state index is 0. The van der Waals surface area contributed by atoms with E-state index >= 15 is 0 Å².